The van der Waals surface area contributed by atoms with Crippen LogP contribution >= 0.6 is 0 Å². The maximum atomic E-state index is 13.4. The van der Waals surface area contributed by atoms with Crippen molar-refractivity contribution >= 4 is 17.5 Å². The minimum Gasteiger partial charge on any atom is -0.368 e. The van der Waals surface area contributed by atoms with Crippen LogP contribution < -0.4 is 10.2 Å². The summed E-state index contributed by atoms with van der Waals surface area (Å²) in [7, 11) is 1.76. The number of unbranched alkanes of at least 4 members (excludes halogenated alkanes) is 2. The lowest BCUT2D eigenvalue weighted by atomic mass is 9.95. The number of amides is 2. The topological polar surface area (TPSA) is 58.6 Å². The van der Waals surface area contributed by atoms with E-state index in [9.17, 15) is 9.59 Å². The molecule has 0 fully saturated rings. The number of nitrogens with zero attached hydrogens (tertiary/aromatic N) is 1. The molecule has 0 spiro atoms. The standard InChI is InChI=1S/C26H34N2O3/c1-5-6-11-16-31-23(17-18(2)3)25(29)27-24-21-14-8-7-12-19(21)20-13-9-10-15-22(20)28(4)26(24)30/h7-10,12-15,18,23-24H,5-6,11,16-17H2,1-4H3,(H,27,29)/t23-,24?/m0/s1. The molecule has 1 heterocycles. The molecular weight excluding hydrogens is 388 g/mol. The van der Waals surface area contributed by atoms with Gasteiger partial charge in [-0.25, -0.2) is 0 Å². The van der Waals surface area contributed by atoms with Crippen molar-refractivity contribution in [1.29, 1.82) is 0 Å². The van der Waals surface area contributed by atoms with Gasteiger partial charge in [-0.15, -0.1) is 0 Å². The fraction of sp³-hybridized carbons (Fsp3) is 0.462. The van der Waals surface area contributed by atoms with Crippen LogP contribution in [-0.4, -0.2) is 31.6 Å². The number of para-hydroxylation sites is 1. The van der Waals surface area contributed by atoms with Crippen molar-refractivity contribution in [3.8, 4) is 11.1 Å². The molecule has 2 amide bonds. The Morgan fingerprint density at radius 1 is 1.06 bits per heavy atom. The molecule has 0 bridgehead atoms. The summed E-state index contributed by atoms with van der Waals surface area (Å²) in [6, 6.07) is 14.9. The smallest absolute Gasteiger partial charge is 0.253 e. The number of fused-ring (bicyclic) bond motifs is 3. The summed E-state index contributed by atoms with van der Waals surface area (Å²) >= 11 is 0. The van der Waals surface area contributed by atoms with Gasteiger partial charge in [0.1, 0.15) is 12.1 Å². The number of benzene rings is 2. The van der Waals surface area contributed by atoms with Crippen molar-refractivity contribution in [1.82, 2.24) is 5.32 Å². The van der Waals surface area contributed by atoms with Gasteiger partial charge in [0.25, 0.3) is 5.91 Å². The van der Waals surface area contributed by atoms with Crippen LogP contribution in [0.4, 0.5) is 5.69 Å². The lowest BCUT2D eigenvalue weighted by Gasteiger charge is -2.26. The van der Waals surface area contributed by atoms with Crippen molar-refractivity contribution < 1.29 is 14.3 Å². The number of anilines is 1. The van der Waals surface area contributed by atoms with Crippen LogP contribution in [0.2, 0.25) is 0 Å². The molecule has 0 aromatic heterocycles. The number of nitrogens with one attached hydrogen (secondary N) is 1. The molecule has 0 saturated carbocycles. The van der Waals surface area contributed by atoms with Gasteiger partial charge in [0.05, 0.1) is 5.69 Å². The highest BCUT2D eigenvalue weighted by Crippen LogP contribution is 2.39. The van der Waals surface area contributed by atoms with Gasteiger partial charge in [-0.2, -0.15) is 0 Å². The molecule has 166 valence electrons. The summed E-state index contributed by atoms with van der Waals surface area (Å²) in [5.41, 5.74) is 3.60. The van der Waals surface area contributed by atoms with Crippen LogP contribution in [0.25, 0.3) is 11.1 Å². The Morgan fingerprint density at radius 2 is 1.74 bits per heavy atom. The first-order valence-corrected chi connectivity index (χ1v) is 11.3. The van der Waals surface area contributed by atoms with E-state index in [0.29, 0.717) is 18.9 Å². The molecule has 1 unspecified atom stereocenters. The van der Waals surface area contributed by atoms with E-state index in [1.807, 2.05) is 48.5 Å². The van der Waals surface area contributed by atoms with E-state index in [4.69, 9.17) is 4.74 Å². The lowest BCUT2D eigenvalue weighted by molar-refractivity contribution is -0.137. The van der Waals surface area contributed by atoms with E-state index < -0.39 is 12.1 Å². The zero-order chi connectivity index (χ0) is 22.4. The second-order valence-corrected chi connectivity index (χ2v) is 8.64. The van der Waals surface area contributed by atoms with E-state index in [0.717, 1.165) is 41.6 Å². The molecule has 3 rings (SSSR count). The number of hydrogen-bond acceptors (Lipinski definition) is 3. The largest absolute Gasteiger partial charge is 0.368 e. The van der Waals surface area contributed by atoms with Gasteiger partial charge in [-0.05, 0) is 36.0 Å². The van der Waals surface area contributed by atoms with Gasteiger partial charge in [-0.1, -0.05) is 76.1 Å². The number of likely N-dealkylation sites (N-methyl/N-ethyl adjacent to an activating group) is 1. The van der Waals surface area contributed by atoms with Gasteiger partial charge in [-0.3, -0.25) is 9.59 Å². The van der Waals surface area contributed by atoms with Gasteiger partial charge >= 0.3 is 0 Å². The predicted octanol–water partition coefficient (Wildman–Crippen LogP) is 5.11. The molecule has 2 aromatic carbocycles. The molecule has 31 heavy (non-hydrogen) atoms. The van der Waals surface area contributed by atoms with Gasteiger partial charge < -0.3 is 15.0 Å². The monoisotopic (exact) mass is 422 g/mol. The maximum absolute atomic E-state index is 13.4. The molecular formula is C26H34N2O3. The number of rotatable bonds is 9. The Bertz CT molecular complexity index is 909. The van der Waals surface area contributed by atoms with E-state index in [1.165, 1.54) is 0 Å². The zero-order valence-electron chi connectivity index (χ0n) is 19.1. The minimum absolute atomic E-state index is 0.153. The summed E-state index contributed by atoms with van der Waals surface area (Å²) in [6.07, 6.45) is 3.17. The SMILES string of the molecule is CCCCCO[C@@H](CC(C)C)C(=O)NC1C(=O)N(C)c2ccccc2-c2ccccc21. The van der Waals surface area contributed by atoms with Crippen molar-refractivity contribution in [3.63, 3.8) is 0 Å². The Hall–Kier alpha value is -2.66. The average molecular weight is 423 g/mol. The quantitative estimate of drug-likeness (QED) is 0.572. The highest BCUT2D eigenvalue weighted by atomic mass is 16.5. The summed E-state index contributed by atoms with van der Waals surface area (Å²) in [5.74, 6) is -0.0660. The third-order valence-electron chi connectivity index (χ3n) is 5.74. The van der Waals surface area contributed by atoms with Crippen LogP contribution in [-0.2, 0) is 14.3 Å². The van der Waals surface area contributed by atoms with Crippen molar-refractivity contribution in [3.05, 3.63) is 54.1 Å². The molecule has 0 radical (unpaired) electrons. The van der Waals surface area contributed by atoms with Crippen molar-refractivity contribution in [2.45, 2.75) is 58.6 Å². The summed E-state index contributed by atoms with van der Waals surface area (Å²) < 4.78 is 5.96. The first-order chi connectivity index (χ1) is 14.9. The fourth-order valence-corrected chi connectivity index (χ4v) is 4.06. The van der Waals surface area contributed by atoms with E-state index >= 15 is 0 Å². The summed E-state index contributed by atoms with van der Waals surface area (Å²) in [4.78, 5) is 28.3. The molecule has 2 aromatic rings. The van der Waals surface area contributed by atoms with E-state index in [-0.39, 0.29) is 11.8 Å². The highest BCUT2D eigenvalue weighted by molar-refractivity contribution is 6.06. The van der Waals surface area contributed by atoms with E-state index in [1.54, 1.807) is 11.9 Å². The third-order valence-corrected chi connectivity index (χ3v) is 5.74. The molecule has 1 N–H and O–H groups in total. The molecule has 0 saturated heterocycles. The third kappa shape index (κ3) is 5.34. The van der Waals surface area contributed by atoms with Gasteiger partial charge in [0.15, 0.2) is 0 Å². The molecule has 2 atom stereocenters. The predicted molar refractivity (Wildman–Crippen MR) is 125 cm³/mol. The number of ether oxygens (including phenoxy) is 1. The Balaban J connectivity index is 1.88. The maximum Gasteiger partial charge on any atom is 0.253 e. The van der Waals surface area contributed by atoms with Crippen LogP contribution in [0.5, 0.6) is 0 Å². The second kappa shape index (κ2) is 10.6. The number of carbonyl (C=O) groups excluding carboxylic acids is 2. The molecule has 5 heteroatoms. The van der Waals surface area contributed by atoms with Crippen molar-refractivity contribution in [2.75, 3.05) is 18.6 Å². The zero-order valence-corrected chi connectivity index (χ0v) is 19.1. The lowest BCUT2D eigenvalue weighted by Crippen LogP contribution is -2.45. The Labute approximate surface area is 185 Å². The Morgan fingerprint density at radius 3 is 2.45 bits per heavy atom. The first-order valence-electron chi connectivity index (χ1n) is 11.3. The van der Waals surface area contributed by atoms with Crippen molar-refractivity contribution in [2.24, 2.45) is 5.92 Å². The molecule has 1 aliphatic heterocycles. The van der Waals surface area contributed by atoms with Crippen LogP contribution in [0, 0.1) is 5.92 Å². The van der Waals surface area contributed by atoms with Crippen LogP contribution in [0.15, 0.2) is 48.5 Å². The minimum atomic E-state index is -0.755. The first kappa shape index (κ1) is 23.0. The van der Waals surface area contributed by atoms with Crippen LogP contribution in [0.3, 0.4) is 0 Å². The average Bonchev–Trinajstić information content (AvgIpc) is 2.85. The molecule has 1 aliphatic rings. The molecule has 0 aliphatic carbocycles. The Kier molecular flexibility index (Phi) is 7.85. The normalized spacial score (nSPS) is 16.5. The summed E-state index contributed by atoms with van der Waals surface area (Å²) in [5, 5.41) is 3.02. The van der Waals surface area contributed by atoms with Gasteiger partial charge in [0.2, 0.25) is 5.91 Å². The highest BCUT2D eigenvalue weighted by Gasteiger charge is 2.34. The molecule has 5 nitrogen and oxygen atoms in total. The second-order valence-electron chi connectivity index (χ2n) is 8.64. The fourth-order valence-electron chi connectivity index (χ4n) is 4.06. The number of hydrogen-bond donors (Lipinski definition) is 1. The number of carbonyl (C=O) groups is 2. The van der Waals surface area contributed by atoms with E-state index in [2.05, 4.69) is 26.1 Å². The van der Waals surface area contributed by atoms with Gasteiger partial charge in [0, 0.05) is 19.2 Å². The summed E-state index contributed by atoms with van der Waals surface area (Å²) in [6.45, 7) is 6.85. The van der Waals surface area contributed by atoms with Crippen LogP contribution in [0.1, 0.15) is 58.1 Å².